The third kappa shape index (κ3) is 1.32. The van der Waals surface area contributed by atoms with Crippen molar-refractivity contribution in [2.75, 3.05) is 13.7 Å². The summed E-state index contributed by atoms with van der Waals surface area (Å²) in [6, 6.07) is 0. The lowest BCUT2D eigenvalue weighted by Gasteiger charge is -2.46. The fourth-order valence-corrected chi connectivity index (χ4v) is 1.30. The molecule has 0 bridgehead atoms. The lowest BCUT2D eigenvalue weighted by molar-refractivity contribution is -0.175. The molecule has 1 aliphatic heterocycles. The van der Waals surface area contributed by atoms with E-state index in [1.807, 2.05) is 0 Å². The number of carbonyl (C=O) groups excluding carboxylic acids is 2. The van der Waals surface area contributed by atoms with Crippen LogP contribution in [0.3, 0.4) is 0 Å². The quantitative estimate of drug-likeness (QED) is 0.445. The minimum absolute atomic E-state index is 0.275. The molecule has 1 atom stereocenters. The molecule has 78 valence electrons. The van der Waals surface area contributed by atoms with Gasteiger partial charge in [-0.3, -0.25) is 4.79 Å². The van der Waals surface area contributed by atoms with Crippen LogP contribution in [0.1, 0.15) is 13.3 Å². The molecule has 1 amide bonds. The molecule has 1 fully saturated rings. The summed E-state index contributed by atoms with van der Waals surface area (Å²) in [5.41, 5.74) is -1.26. The highest BCUT2D eigenvalue weighted by Crippen LogP contribution is 2.30. The van der Waals surface area contributed by atoms with Crippen LogP contribution in [-0.4, -0.2) is 47.0 Å². The topological polar surface area (TPSA) is 83.9 Å². The van der Waals surface area contributed by atoms with Crippen molar-refractivity contribution in [1.29, 1.82) is 0 Å². The van der Waals surface area contributed by atoms with Crippen LogP contribution < -0.4 is 0 Å². The molecule has 6 nitrogen and oxygen atoms in total. The highest BCUT2D eigenvalue weighted by Gasteiger charge is 2.51. The van der Waals surface area contributed by atoms with Gasteiger partial charge in [0, 0.05) is 6.54 Å². The predicted octanol–water partition coefficient (Wildman–Crippen LogP) is -0.765. The Morgan fingerprint density at radius 3 is 2.29 bits per heavy atom. The second-order valence-corrected chi connectivity index (χ2v) is 3.28. The molecule has 0 aliphatic carbocycles. The Bertz CT molecular complexity index is 300. The van der Waals surface area contributed by atoms with Gasteiger partial charge in [0.1, 0.15) is 5.54 Å². The number of methoxy groups -OCH3 is 1. The Hall–Kier alpha value is -1.59. The number of nitrogens with zero attached hydrogens (tertiary/aromatic N) is 1. The molecule has 6 heteroatoms. The number of hydrogen-bond acceptors (Lipinski definition) is 4. The van der Waals surface area contributed by atoms with E-state index in [-0.39, 0.29) is 6.54 Å². The fraction of sp³-hybridized carbons (Fsp3) is 0.625. The number of rotatable bonds is 1. The molecule has 1 N–H and O–H groups in total. The summed E-state index contributed by atoms with van der Waals surface area (Å²) < 4.78 is 4.22. The smallest absolute Gasteiger partial charge is 0.396 e. The summed E-state index contributed by atoms with van der Waals surface area (Å²) in [6.07, 6.45) is 0.352. The molecule has 0 radical (unpaired) electrons. The molecular weight excluding hydrogens is 190 g/mol. The molecule has 0 aromatic carbocycles. The van der Waals surface area contributed by atoms with Crippen molar-refractivity contribution in [3.8, 4) is 0 Å². The summed E-state index contributed by atoms with van der Waals surface area (Å²) in [5.74, 6) is -3.04. The van der Waals surface area contributed by atoms with E-state index < -0.39 is 23.4 Å². The molecule has 0 spiro atoms. The van der Waals surface area contributed by atoms with E-state index in [1.54, 1.807) is 0 Å². The van der Waals surface area contributed by atoms with Gasteiger partial charge in [-0.15, -0.1) is 0 Å². The Balaban J connectivity index is 2.77. The van der Waals surface area contributed by atoms with Crippen LogP contribution >= 0.6 is 0 Å². The second-order valence-electron chi connectivity index (χ2n) is 3.28. The summed E-state index contributed by atoms with van der Waals surface area (Å²) in [7, 11) is 1.08. The van der Waals surface area contributed by atoms with Gasteiger partial charge < -0.3 is 14.7 Å². The molecule has 0 aromatic rings. The Morgan fingerprint density at radius 2 is 2.00 bits per heavy atom. The van der Waals surface area contributed by atoms with Crippen LogP contribution in [-0.2, 0) is 19.1 Å². The minimum Gasteiger partial charge on any atom is -0.480 e. The van der Waals surface area contributed by atoms with Crippen molar-refractivity contribution in [2.45, 2.75) is 18.9 Å². The first kappa shape index (κ1) is 10.5. The predicted molar refractivity (Wildman–Crippen MR) is 44.4 cm³/mol. The minimum atomic E-state index is -1.26. The number of carbonyl (C=O) groups is 3. The van der Waals surface area contributed by atoms with E-state index in [4.69, 9.17) is 5.11 Å². The Morgan fingerprint density at radius 1 is 1.43 bits per heavy atom. The van der Waals surface area contributed by atoms with Crippen LogP contribution in [0.25, 0.3) is 0 Å². The van der Waals surface area contributed by atoms with Gasteiger partial charge in [-0.2, -0.15) is 0 Å². The van der Waals surface area contributed by atoms with Gasteiger partial charge in [-0.25, -0.2) is 9.59 Å². The van der Waals surface area contributed by atoms with Gasteiger partial charge in [0.2, 0.25) is 0 Å². The molecule has 0 unspecified atom stereocenters. The Kier molecular flexibility index (Phi) is 2.46. The lowest BCUT2D eigenvalue weighted by atomic mass is 9.86. The Labute approximate surface area is 80.4 Å². The fourth-order valence-electron chi connectivity index (χ4n) is 1.30. The normalized spacial score (nSPS) is 25.1. The molecule has 1 heterocycles. The zero-order valence-electron chi connectivity index (χ0n) is 7.94. The number of carboxylic acids is 1. The van der Waals surface area contributed by atoms with E-state index in [0.29, 0.717) is 6.42 Å². The maximum Gasteiger partial charge on any atom is 0.396 e. The third-order valence-electron chi connectivity index (χ3n) is 2.48. The average molecular weight is 201 g/mol. The highest BCUT2D eigenvalue weighted by molar-refractivity contribution is 6.33. The maximum absolute atomic E-state index is 11.3. The average Bonchev–Trinajstić information content (AvgIpc) is 2.13. The monoisotopic (exact) mass is 201 g/mol. The number of hydrogen-bond donors (Lipinski definition) is 1. The number of likely N-dealkylation sites (tertiary alicyclic amines) is 1. The van der Waals surface area contributed by atoms with Crippen molar-refractivity contribution in [3.05, 3.63) is 0 Å². The molecule has 1 rings (SSSR count). The van der Waals surface area contributed by atoms with Crippen LogP contribution in [0.2, 0.25) is 0 Å². The van der Waals surface area contributed by atoms with Gasteiger partial charge >= 0.3 is 17.8 Å². The highest BCUT2D eigenvalue weighted by atomic mass is 16.5. The number of aliphatic carboxylic acids is 1. The van der Waals surface area contributed by atoms with Crippen LogP contribution in [0.4, 0.5) is 0 Å². The van der Waals surface area contributed by atoms with E-state index in [0.717, 1.165) is 12.0 Å². The van der Waals surface area contributed by atoms with Crippen LogP contribution in [0.5, 0.6) is 0 Å². The maximum atomic E-state index is 11.3. The largest absolute Gasteiger partial charge is 0.480 e. The SMILES string of the molecule is COC(=O)C(=O)N1CC[C@@]1(C)C(=O)O. The number of amides is 1. The molecule has 1 aliphatic rings. The van der Waals surface area contributed by atoms with E-state index >= 15 is 0 Å². The van der Waals surface area contributed by atoms with E-state index in [9.17, 15) is 14.4 Å². The molecule has 14 heavy (non-hydrogen) atoms. The van der Waals surface area contributed by atoms with Crippen molar-refractivity contribution >= 4 is 17.8 Å². The first-order valence-electron chi connectivity index (χ1n) is 4.07. The number of ether oxygens (including phenoxy) is 1. The van der Waals surface area contributed by atoms with Crippen molar-refractivity contribution < 1.29 is 24.2 Å². The van der Waals surface area contributed by atoms with Crippen molar-refractivity contribution in [3.63, 3.8) is 0 Å². The van der Waals surface area contributed by atoms with E-state index in [2.05, 4.69) is 4.74 Å². The summed E-state index contributed by atoms with van der Waals surface area (Å²) in [4.78, 5) is 33.9. The van der Waals surface area contributed by atoms with Crippen LogP contribution in [0.15, 0.2) is 0 Å². The summed E-state index contributed by atoms with van der Waals surface area (Å²) >= 11 is 0. The van der Waals surface area contributed by atoms with E-state index in [1.165, 1.54) is 6.92 Å². The zero-order valence-corrected chi connectivity index (χ0v) is 7.94. The number of carboxylic acid groups (broad SMARTS) is 1. The third-order valence-corrected chi connectivity index (χ3v) is 2.48. The van der Waals surface area contributed by atoms with Gasteiger partial charge in [0.05, 0.1) is 7.11 Å². The van der Waals surface area contributed by atoms with Gasteiger partial charge in [0.15, 0.2) is 0 Å². The van der Waals surface area contributed by atoms with Crippen molar-refractivity contribution in [1.82, 2.24) is 4.90 Å². The zero-order chi connectivity index (χ0) is 10.9. The summed E-state index contributed by atoms with van der Waals surface area (Å²) in [5, 5.41) is 8.82. The molecule has 1 saturated heterocycles. The summed E-state index contributed by atoms with van der Waals surface area (Å²) in [6.45, 7) is 1.68. The van der Waals surface area contributed by atoms with Crippen LogP contribution in [0, 0.1) is 0 Å². The molecule has 0 saturated carbocycles. The van der Waals surface area contributed by atoms with Gasteiger partial charge in [-0.1, -0.05) is 0 Å². The lowest BCUT2D eigenvalue weighted by Crippen LogP contribution is -2.66. The van der Waals surface area contributed by atoms with Crippen molar-refractivity contribution in [2.24, 2.45) is 0 Å². The second kappa shape index (κ2) is 3.28. The number of esters is 1. The molecule has 0 aromatic heterocycles. The standard InChI is InChI=1S/C8H11NO5/c1-8(7(12)13)3-4-9(8)5(10)6(11)14-2/h3-4H2,1-2H3,(H,12,13)/t8-/m0/s1. The van der Waals surface area contributed by atoms with Gasteiger partial charge in [0.25, 0.3) is 0 Å². The first-order valence-corrected chi connectivity index (χ1v) is 4.07. The van der Waals surface area contributed by atoms with Gasteiger partial charge in [-0.05, 0) is 13.3 Å². The first-order chi connectivity index (χ1) is 6.43. The molecular formula is C8H11NO5.